The molecule has 5 heteroatoms. The van der Waals surface area contributed by atoms with Crippen molar-refractivity contribution in [3.8, 4) is 5.75 Å². The predicted octanol–water partition coefficient (Wildman–Crippen LogP) is 4.81. The molecule has 1 aliphatic heterocycles. The molecule has 1 fully saturated rings. The number of benzene rings is 2. The lowest BCUT2D eigenvalue weighted by atomic mass is 10.1. The van der Waals surface area contributed by atoms with Gasteiger partial charge in [-0.1, -0.05) is 48.6 Å². The summed E-state index contributed by atoms with van der Waals surface area (Å²) in [5, 5.41) is 0.939. The Morgan fingerprint density at radius 3 is 2.55 bits per heavy atom. The van der Waals surface area contributed by atoms with E-state index in [0.29, 0.717) is 31.9 Å². The number of aryl methyl sites for hydroxylation is 1. The zero-order chi connectivity index (χ0) is 22.0. The van der Waals surface area contributed by atoms with Crippen LogP contribution < -0.4 is 4.74 Å². The summed E-state index contributed by atoms with van der Waals surface area (Å²) in [6, 6.07) is 16.4. The average Bonchev–Trinajstić information content (AvgIpc) is 3.11. The van der Waals surface area contributed by atoms with Crippen LogP contribution in [0.3, 0.4) is 0 Å². The Morgan fingerprint density at radius 2 is 1.87 bits per heavy atom. The summed E-state index contributed by atoms with van der Waals surface area (Å²) in [7, 11) is 0. The zero-order valence-corrected chi connectivity index (χ0v) is 18.5. The molecule has 0 unspecified atom stereocenters. The van der Waals surface area contributed by atoms with Gasteiger partial charge in [-0.25, -0.2) is 0 Å². The molecule has 0 radical (unpaired) electrons. The van der Waals surface area contributed by atoms with Crippen molar-refractivity contribution in [2.24, 2.45) is 0 Å². The minimum Gasteiger partial charge on any atom is -0.489 e. The third-order valence-electron chi connectivity index (χ3n) is 5.65. The lowest BCUT2D eigenvalue weighted by Gasteiger charge is -2.35. The molecule has 1 saturated heterocycles. The van der Waals surface area contributed by atoms with E-state index in [1.165, 1.54) is 5.56 Å². The first-order chi connectivity index (χ1) is 15.0. The van der Waals surface area contributed by atoms with E-state index in [1.54, 1.807) is 6.08 Å². The van der Waals surface area contributed by atoms with E-state index >= 15 is 0 Å². The fourth-order valence-electron chi connectivity index (χ4n) is 4.26. The average molecular weight is 419 g/mol. The van der Waals surface area contributed by atoms with E-state index in [-0.39, 0.29) is 18.1 Å². The Morgan fingerprint density at radius 1 is 1.16 bits per heavy atom. The second-order valence-corrected chi connectivity index (χ2v) is 8.36. The highest BCUT2D eigenvalue weighted by Gasteiger charge is 2.29. The number of carbonyl (C=O) groups excluding carboxylic acids is 1. The molecule has 4 rings (SSSR count). The van der Waals surface area contributed by atoms with E-state index in [1.807, 2.05) is 43.0 Å². The first-order valence-corrected chi connectivity index (χ1v) is 10.8. The molecule has 0 saturated carbocycles. The number of carbonyl (C=O) groups is 1. The van der Waals surface area contributed by atoms with Crippen LogP contribution in [0.25, 0.3) is 10.9 Å². The van der Waals surface area contributed by atoms with Gasteiger partial charge < -0.3 is 18.9 Å². The van der Waals surface area contributed by atoms with Gasteiger partial charge in [0.15, 0.2) is 0 Å². The minimum atomic E-state index is 0.0223. The molecule has 162 valence electrons. The van der Waals surface area contributed by atoms with Crippen molar-refractivity contribution >= 4 is 16.8 Å². The van der Waals surface area contributed by atoms with Crippen molar-refractivity contribution < 1.29 is 14.3 Å². The molecule has 1 amide bonds. The molecule has 2 aromatic carbocycles. The highest BCUT2D eigenvalue weighted by atomic mass is 16.5. The van der Waals surface area contributed by atoms with Gasteiger partial charge in [0, 0.05) is 25.0 Å². The van der Waals surface area contributed by atoms with Crippen molar-refractivity contribution in [1.82, 2.24) is 9.47 Å². The topological polar surface area (TPSA) is 43.7 Å². The van der Waals surface area contributed by atoms with Crippen LogP contribution in [-0.4, -0.2) is 47.3 Å². The third-order valence-corrected chi connectivity index (χ3v) is 5.65. The second kappa shape index (κ2) is 8.98. The van der Waals surface area contributed by atoms with E-state index in [2.05, 4.69) is 42.3 Å². The van der Waals surface area contributed by atoms with Gasteiger partial charge in [0.1, 0.15) is 18.1 Å². The van der Waals surface area contributed by atoms with Gasteiger partial charge in [0.2, 0.25) is 0 Å². The molecular formula is C26H30N2O3. The fourth-order valence-corrected chi connectivity index (χ4v) is 4.26. The molecule has 5 nitrogen and oxygen atoms in total. The maximum Gasteiger partial charge on any atom is 0.270 e. The van der Waals surface area contributed by atoms with Crippen molar-refractivity contribution in [3.05, 3.63) is 78.0 Å². The molecule has 31 heavy (non-hydrogen) atoms. The van der Waals surface area contributed by atoms with Crippen LogP contribution >= 0.6 is 0 Å². The van der Waals surface area contributed by atoms with Gasteiger partial charge >= 0.3 is 0 Å². The largest absolute Gasteiger partial charge is 0.489 e. The molecule has 1 aliphatic rings. The van der Waals surface area contributed by atoms with Crippen molar-refractivity contribution in [2.75, 3.05) is 19.7 Å². The molecule has 0 spiro atoms. The SMILES string of the molecule is C=CCOc1cccc2c1cc(C(=O)N1C[C@@H](C)O[C@H](C)C1)n2Cc1ccc(C)cc1. The van der Waals surface area contributed by atoms with Crippen LogP contribution in [0.5, 0.6) is 5.75 Å². The molecule has 2 heterocycles. The van der Waals surface area contributed by atoms with Crippen molar-refractivity contribution in [1.29, 1.82) is 0 Å². The first kappa shape index (κ1) is 21.2. The van der Waals surface area contributed by atoms with Gasteiger partial charge in [0.25, 0.3) is 5.91 Å². The van der Waals surface area contributed by atoms with Crippen LogP contribution in [0.2, 0.25) is 0 Å². The number of nitrogens with zero attached hydrogens (tertiary/aromatic N) is 2. The number of aromatic nitrogens is 1. The Bertz CT molecular complexity index is 1070. The molecule has 0 aliphatic carbocycles. The monoisotopic (exact) mass is 418 g/mol. The predicted molar refractivity (Wildman–Crippen MR) is 124 cm³/mol. The van der Waals surface area contributed by atoms with E-state index in [9.17, 15) is 4.79 Å². The maximum atomic E-state index is 13.6. The summed E-state index contributed by atoms with van der Waals surface area (Å²) in [4.78, 5) is 15.5. The van der Waals surface area contributed by atoms with Gasteiger partial charge in [-0.2, -0.15) is 0 Å². The Hall–Kier alpha value is -3.05. The first-order valence-electron chi connectivity index (χ1n) is 10.8. The quantitative estimate of drug-likeness (QED) is 0.540. The van der Waals surface area contributed by atoms with Gasteiger partial charge in [0.05, 0.1) is 17.7 Å². The van der Waals surface area contributed by atoms with Crippen molar-refractivity contribution in [3.63, 3.8) is 0 Å². The van der Waals surface area contributed by atoms with E-state index < -0.39 is 0 Å². The number of amides is 1. The lowest BCUT2D eigenvalue weighted by molar-refractivity contribution is -0.0588. The number of ether oxygens (including phenoxy) is 2. The molecule has 3 aromatic rings. The number of hydrogen-bond acceptors (Lipinski definition) is 3. The summed E-state index contributed by atoms with van der Waals surface area (Å²) < 4.78 is 13.8. The number of hydrogen-bond donors (Lipinski definition) is 0. The zero-order valence-electron chi connectivity index (χ0n) is 18.5. The maximum absolute atomic E-state index is 13.6. The van der Waals surface area contributed by atoms with Crippen LogP contribution in [0.1, 0.15) is 35.5 Å². The van der Waals surface area contributed by atoms with Crippen LogP contribution in [0.15, 0.2) is 61.2 Å². The Balaban J connectivity index is 1.78. The van der Waals surface area contributed by atoms with Crippen LogP contribution in [-0.2, 0) is 11.3 Å². The second-order valence-electron chi connectivity index (χ2n) is 8.36. The molecule has 2 atom stereocenters. The van der Waals surface area contributed by atoms with Gasteiger partial charge in [-0.05, 0) is 44.5 Å². The van der Waals surface area contributed by atoms with Crippen LogP contribution in [0.4, 0.5) is 0 Å². The number of morpholine rings is 1. The minimum absolute atomic E-state index is 0.0223. The smallest absolute Gasteiger partial charge is 0.270 e. The summed E-state index contributed by atoms with van der Waals surface area (Å²) >= 11 is 0. The summed E-state index contributed by atoms with van der Waals surface area (Å²) in [5.41, 5.74) is 4.03. The summed E-state index contributed by atoms with van der Waals surface area (Å²) in [5.74, 6) is 0.790. The lowest BCUT2D eigenvalue weighted by Crippen LogP contribution is -2.48. The molecular weight excluding hydrogens is 388 g/mol. The highest BCUT2D eigenvalue weighted by Crippen LogP contribution is 2.31. The standard InChI is InChI=1S/C26H30N2O3/c1-5-13-30-25-8-6-7-23-22(25)14-24(26(29)27-15-19(3)31-20(4)16-27)28(23)17-21-11-9-18(2)10-12-21/h5-12,14,19-20H,1,13,15-17H2,2-4H3/t19-,20-/m1/s1. The highest BCUT2D eigenvalue weighted by molar-refractivity contribution is 6.00. The van der Waals surface area contributed by atoms with Crippen molar-refractivity contribution in [2.45, 2.75) is 39.5 Å². The molecule has 0 N–H and O–H groups in total. The molecule has 1 aromatic heterocycles. The number of fused-ring (bicyclic) bond motifs is 1. The Kier molecular flexibility index (Phi) is 6.14. The summed E-state index contributed by atoms with van der Waals surface area (Å²) in [6.07, 6.45) is 1.77. The molecule has 0 bridgehead atoms. The number of rotatable bonds is 6. The van der Waals surface area contributed by atoms with Gasteiger partial charge in [-0.15, -0.1) is 0 Å². The third kappa shape index (κ3) is 4.52. The van der Waals surface area contributed by atoms with E-state index in [0.717, 1.165) is 22.2 Å². The fraction of sp³-hybridized carbons (Fsp3) is 0.346. The van der Waals surface area contributed by atoms with Gasteiger partial charge in [-0.3, -0.25) is 4.79 Å². The van der Waals surface area contributed by atoms with Crippen LogP contribution in [0, 0.1) is 6.92 Å². The van der Waals surface area contributed by atoms with E-state index in [4.69, 9.17) is 9.47 Å². The normalized spacial score (nSPS) is 18.9. The summed E-state index contributed by atoms with van der Waals surface area (Å²) in [6.45, 7) is 12.1. The Labute approximate surface area is 183 Å².